The molecule has 1 N–H and O–H groups in total. The van der Waals surface area contributed by atoms with Crippen LogP contribution < -0.4 is 5.32 Å². The maximum absolute atomic E-state index is 4.83. The monoisotopic (exact) mass is 231 g/mol. The molecule has 1 aliphatic carbocycles. The van der Waals surface area contributed by atoms with Gasteiger partial charge in [0.2, 0.25) is 0 Å². The van der Waals surface area contributed by atoms with E-state index in [9.17, 15) is 0 Å². The van der Waals surface area contributed by atoms with E-state index in [1.807, 2.05) is 0 Å². The molecule has 92 valence electrons. The summed E-state index contributed by atoms with van der Waals surface area (Å²) in [6.07, 6.45) is 4.92. The fourth-order valence-corrected chi connectivity index (χ4v) is 2.59. The maximum Gasteiger partial charge on any atom is 0.129 e. The van der Waals surface area contributed by atoms with Crippen molar-refractivity contribution in [1.29, 1.82) is 0 Å². The van der Waals surface area contributed by atoms with Gasteiger partial charge in [0.05, 0.1) is 11.4 Å². The van der Waals surface area contributed by atoms with E-state index < -0.39 is 0 Å². The molecule has 0 unspecified atom stereocenters. The van der Waals surface area contributed by atoms with E-state index in [2.05, 4.69) is 19.2 Å². The second-order valence-corrected chi connectivity index (χ2v) is 5.68. The second kappa shape index (κ2) is 4.37. The van der Waals surface area contributed by atoms with Gasteiger partial charge in [0.15, 0.2) is 0 Å². The summed E-state index contributed by atoms with van der Waals surface area (Å²) in [6.45, 7) is 6.48. The summed E-state index contributed by atoms with van der Waals surface area (Å²) in [5.41, 5.74) is 3.97. The minimum absolute atomic E-state index is 0.516. The summed E-state index contributed by atoms with van der Waals surface area (Å²) in [4.78, 5) is 9.59. The molecule has 1 aromatic rings. The molecular formula is C14H21N3. The van der Waals surface area contributed by atoms with Gasteiger partial charge in [-0.3, -0.25) is 0 Å². The number of hydrogen-bond donors (Lipinski definition) is 1. The lowest BCUT2D eigenvalue weighted by molar-refractivity contribution is 0.595. The second-order valence-electron chi connectivity index (χ2n) is 5.68. The number of nitrogens with one attached hydrogen (secondary N) is 1. The van der Waals surface area contributed by atoms with E-state index in [4.69, 9.17) is 9.97 Å². The number of fused-ring (bicyclic) bond motifs is 1. The van der Waals surface area contributed by atoms with Crippen molar-refractivity contribution in [2.24, 2.45) is 5.92 Å². The third-order valence-electron chi connectivity index (χ3n) is 3.73. The molecule has 0 aromatic carbocycles. The minimum Gasteiger partial charge on any atom is -0.311 e. The average molecular weight is 231 g/mol. The Balaban J connectivity index is 1.97. The van der Waals surface area contributed by atoms with Crippen molar-refractivity contribution in [3.05, 3.63) is 22.8 Å². The molecule has 2 heterocycles. The van der Waals surface area contributed by atoms with Crippen LogP contribution in [0.4, 0.5) is 0 Å². The third kappa shape index (κ3) is 2.34. The van der Waals surface area contributed by atoms with Gasteiger partial charge in [-0.25, -0.2) is 9.97 Å². The van der Waals surface area contributed by atoms with Crippen molar-refractivity contribution in [1.82, 2.24) is 15.3 Å². The zero-order valence-corrected chi connectivity index (χ0v) is 10.8. The lowest BCUT2D eigenvalue weighted by Gasteiger charge is -2.21. The van der Waals surface area contributed by atoms with Crippen molar-refractivity contribution < 1.29 is 0 Å². The quantitative estimate of drug-likeness (QED) is 0.866. The molecule has 1 fully saturated rings. The van der Waals surface area contributed by atoms with Gasteiger partial charge in [-0.1, -0.05) is 13.8 Å². The SMILES string of the molecule is CC(C)c1nc(CC2CC2)nc2c1CCNC2. The lowest BCUT2D eigenvalue weighted by Crippen LogP contribution is -2.27. The van der Waals surface area contributed by atoms with E-state index >= 15 is 0 Å². The maximum atomic E-state index is 4.83. The van der Waals surface area contributed by atoms with Gasteiger partial charge in [-0.15, -0.1) is 0 Å². The van der Waals surface area contributed by atoms with Crippen LogP contribution in [0.15, 0.2) is 0 Å². The number of hydrogen-bond acceptors (Lipinski definition) is 3. The Kier molecular flexibility index (Phi) is 2.87. The Morgan fingerprint density at radius 1 is 1.29 bits per heavy atom. The normalized spacial score (nSPS) is 19.5. The zero-order valence-electron chi connectivity index (χ0n) is 10.8. The molecule has 17 heavy (non-hydrogen) atoms. The van der Waals surface area contributed by atoms with Crippen LogP contribution in [0.25, 0.3) is 0 Å². The van der Waals surface area contributed by atoms with E-state index in [1.165, 1.54) is 29.8 Å². The van der Waals surface area contributed by atoms with Crippen LogP contribution in [0.5, 0.6) is 0 Å². The molecule has 3 nitrogen and oxygen atoms in total. The van der Waals surface area contributed by atoms with Crippen molar-refractivity contribution in [2.45, 2.75) is 52.0 Å². The fourth-order valence-electron chi connectivity index (χ4n) is 2.59. The molecule has 1 saturated carbocycles. The smallest absolute Gasteiger partial charge is 0.129 e. The topological polar surface area (TPSA) is 37.8 Å². The van der Waals surface area contributed by atoms with E-state index in [-0.39, 0.29) is 0 Å². The highest BCUT2D eigenvalue weighted by molar-refractivity contribution is 5.30. The van der Waals surface area contributed by atoms with Gasteiger partial charge in [0.25, 0.3) is 0 Å². The van der Waals surface area contributed by atoms with E-state index in [0.29, 0.717) is 5.92 Å². The first kappa shape index (κ1) is 11.1. The van der Waals surface area contributed by atoms with Gasteiger partial charge < -0.3 is 5.32 Å². The Bertz CT molecular complexity index is 422. The molecule has 0 atom stereocenters. The highest BCUT2D eigenvalue weighted by atomic mass is 15.0. The molecule has 0 spiro atoms. The Hall–Kier alpha value is -0.960. The third-order valence-corrected chi connectivity index (χ3v) is 3.73. The molecule has 3 rings (SSSR count). The Morgan fingerprint density at radius 3 is 2.82 bits per heavy atom. The van der Waals surface area contributed by atoms with Crippen LogP contribution in [0.2, 0.25) is 0 Å². The van der Waals surface area contributed by atoms with Gasteiger partial charge in [0.1, 0.15) is 5.82 Å². The van der Waals surface area contributed by atoms with Crippen LogP contribution in [0.1, 0.15) is 55.4 Å². The van der Waals surface area contributed by atoms with Crippen LogP contribution in [0, 0.1) is 5.92 Å². The van der Waals surface area contributed by atoms with Crippen molar-refractivity contribution >= 4 is 0 Å². The fraction of sp³-hybridized carbons (Fsp3) is 0.714. The predicted octanol–water partition coefficient (Wildman–Crippen LogP) is 2.20. The summed E-state index contributed by atoms with van der Waals surface area (Å²) in [7, 11) is 0. The first-order valence-corrected chi connectivity index (χ1v) is 6.83. The largest absolute Gasteiger partial charge is 0.311 e. The summed E-state index contributed by atoms with van der Waals surface area (Å²) in [5.74, 6) is 2.46. The molecule has 1 aliphatic heterocycles. The van der Waals surface area contributed by atoms with Crippen LogP contribution in [0.3, 0.4) is 0 Å². The first-order chi connectivity index (χ1) is 8.24. The number of aromatic nitrogens is 2. The first-order valence-electron chi connectivity index (χ1n) is 6.83. The molecule has 0 amide bonds. The Morgan fingerprint density at radius 2 is 2.12 bits per heavy atom. The standard InChI is InChI=1S/C14H21N3/c1-9(2)14-11-5-6-15-8-12(11)16-13(17-14)7-10-3-4-10/h9-10,15H,3-8H2,1-2H3. The summed E-state index contributed by atoms with van der Waals surface area (Å²) in [6, 6.07) is 0. The zero-order chi connectivity index (χ0) is 11.8. The Labute approximate surface area is 103 Å². The highest BCUT2D eigenvalue weighted by Gasteiger charge is 2.25. The summed E-state index contributed by atoms with van der Waals surface area (Å²) < 4.78 is 0. The molecule has 2 aliphatic rings. The van der Waals surface area contributed by atoms with Crippen molar-refractivity contribution in [3.8, 4) is 0 Å². The number of nitrogens with zero attached hydrogens (tertiary/aromatic N) is 2. The number of rotatable bonds is 3. The van der Waals surface area contributed by atoms with E-state index in [1.54, 1.807) is 0 Å². The van der Waals surface area contributed by atoms with E-state index in [0.717, 1.165) is 37.7 Å². The lowest BCUT2D eigenvalue weighted by atomic mass is 9.97. The average Bonchev–Trinajstić information content (AvgIpc) is 3.11. The van der Waals surface area contributed by atoms with Crippen LogP contribution >= 0.6 is 0 Å². The van der Waals surface area contributed by atoms with Gasteiger partial charge in [0, 0.05) is 13.0 Å². The molecule has 0 bridgehead atoms. The van der Waals surface area contributed by atoms with Crippen LogP contribution in [-0.4, -0.2) is 16.5 Å². The highest BCUT2D eigenvalue weighted by Crippen LogP contribution is 2.32. The van der Waals surface area contributed by atoms with Crippen LogP contribution in [-0.2, 0) is 19.4 Å². The minimum atomic E-state index is 0.516. The molecule has 0 radical (unpaired) electrons. The molecular weight excluding hydrogens is 210 g/mol. The predicted molar refractivity (Wildman–Crippen MR) is 68.0 cm³/mol. The summed E-state index contributed by atoms with van der Waals surface area (Å²) in [5, 5.41) is 3.41. The molecule has 3 heteroatoms. The van der Waals surface area contributed by atoms with Crippen molar-refractivity contribution in [2.75, 3.05) is 6.54 Å². The molecule has 0 saturated heterocycles. The van der Waals surface area contributed by atoms with Gasteiger partial charge >= 0.3 is 0 Å². The summed E-state index contributed by atoms with van der Waals surface area (Å²) >= 11 is 0. The van der Waals surface area contributed by atoms with Gasteiger partial charge in [-0.2, -0.15) is 0 Å². The van der Waals surface area contributed by atoms with Crippen molar-refractivity contribution in [3.63, 3.8) is 0 Å². The van der Waals surface area contributed by atoms with Gasteiger partial charge in [-0.05, 0) is 43.2 Å². The molecule has 1 aromatic heterocycles.